The van der Waals surface area contributed by atoms with Gasteiger partial charge in [-0.15, -0.1) is 0 Å². The molecule has 0 bridgehead atoms. The monoisotopic (exact) mass is 437 g/mol. The molecule has 7 nitrogen and oxygen atoms in total. The quantitative estimate of drug-likeness (QED) is 0.625. The van der Waals surface area contributed by atoms with Crippen molar-refractivity contribution in [2.24, 2.45) is 0 Å². The number of phenols is 1. The third-order valence-corrected chi connectivity index (χ3v) is 5.99. The lowest BCUT2D eigenvalue weighted by Crippen LogP contribution is -2.51. The molecule has 160 valence electrons. The van der Waals surface area contributed by atoms with Crippen LogP contribution in [0.15, 0.2) is 42.5 Å². The van der Waals surface area contributed by atoms with Crippen molar-refractivity contribution in [2.75, 3.05) is 23.9 Å². The minimum Gasteiger partial charge on any atom is -0.508 e. The van der Waals surface area contributed by atoms with Gasteiger partial charge >= 0.3 is 0 Å². The van der Waals surface area contributed by atoms with E-state index in [1.54, 1.807) is 41.3 Å². The Morgan fingerprint density at radius 3 is 2.65 bits per heavy atom. The van der Waals surface area contributed by atoms with E-state index in [9.17, 15) is 19.5 Å². The van der Waals surface area contributed by atoms with Crippen molar-refractivity contribution in [3.05, 3.63) is 59.2 Å². The number of hydrogen-bond donors (Lipinski definition) is 3. The van der Waals surface area contributed by atoms with Crippen molar-refractivity contribution in [3.8, 4) is 5.75 Å². The van der Waals surface area contributed by atoms with Gasteiger partial charge in [-0.3, -0.25) is 14.4 Å². The van der Waals surface area contributed by atoms with Gasteiger partial charge in [-0.1, -0.05) is 30.4 Å². The number of amides is 3. The van der Waals surface area contributed by atoms with Gasteiger partial charge in [-0.2, -0.15) is 11.8 Å². The smallest absolute Gasteiger partial charge is 0.256 e. The summed E-state index contributed by atoms with van der Waals surface area (Å²) in [5, 5.41) is 15.1. The van der Waals surface area contributed by atoms with E-state index >= 15 is 0 Å². The van der Waals surface area contributed by atoms with Crippen LogP contribution in [0.25, 0.3) is 12.2 Å². The molecule has 1 fully saturated rings. The number of fused-ring (bicyclic) bond motifs is 2. The molecule has 31 heavy (non-hydrogen) atoms. The molecule has 2 aliphatic rings. The number of aromatic hydroxyl groups is 1. The summed E-state index contributed by atoms with van der Waals surface area (Å²) in [4.78, 5) is 39.7. The number of rotatable bonds is 5. The Morgan fingerprint density at radius 1 is 1.19 bits per heavy atom. The number of carbonyl (C=O) groups is 3. The second-order valence-electron chi connectivity index (χ2n) is 7.56. The van der Waals surface area contributed by atoms with Gasteiger partial charge in [-0.25, -0.2) is 0 Å². The van der Waals surface area contributed by atoms with Crippen molar-refractivity contribution in [3.63, 3.8) is 0 Å². The number of hydrogen-bond acceptors (Lipinski definition) is 5. The number of carbonyl (C=O) groups excluding carboxylic acids is 3. The zero-order valence-corrected chi connectivity index (χ0v) is 17.8. The van der Waals surface area contributed by atoms with Gasteiger partial charge in [-0.05, 0) is 48.1 Å². The molecule has 4 rings (SSSR count). The van der Waals surface area contributed by atoms with Gasteiger partial charge < -0.3 is 20.6 Å². The molecule has 2 heterocycles. The minimum absolute atomic E-state index is 0.136. The first-order chi connectivity index (χ1) is 15.0. The van der Waals surface area contributed by atoms with Crippen LogP contribution >= 0.6 is 11.8 Å². The van der Waals surface area contributed by atoms with E-state index in [1.807, 2.05) is 24.5 Å². The first-order valence-corrected chi connectivity index (χ1v) is 11.4. The fourth-order valence-corrected chi connectivity index (χ4v) is 4.31. The highest BCUT2D eigenvalue weighted by Crippen LogP contribution is 2.30. The van der Waals surface area contributed by atoms with Gasteiger partial charge in [0.25, 0.3) is 5.91 Å². The Labute approximate surface area is 184 Å². The van der Waals surface area contributed by atoms with Gasteiger partial charge in [0.15, 0.2) is 0 Å². The summed E-state index contributed by atoms with van der Waals surface area (Å²) in [6.45, 7) is 0.411. The molecule has 0 radical (unpaired) electrons. The zero-order chi connectivity index (χ0) is 22.0. The second-order valence-corrected chi connectivity index (χ2v) is 8.42. The molecule has 8 heteroatoms. The largest absolute Gasteiger partial charge is 0.508 e. The van der Waals surface area contributed by atoms with E-state index in [0.29, 0.717) is 30.0 Å². The molecular formula is C23H23N3O4S. The van der Waals surface area contributed by atoms with E-state index in [-0.39, 0.29) is 23.5 Å². The van der Waals surface area contributed by atoms with Crippen LogP contribution in [0.2, 0.25) is 0 Å². The maximum atomic E-state index is 13.2. The van der Waals surface area contributed by atoms with E-state index in [1.165, 1.54) is 11.8 Å². The van der Waals surface area contributed by atoms with Crippen molar-refractivity contribution < 1.29 is 19.5 Å². The molecule has 0 saturated carbocycles. The average molecular weight is 438 g/mol. The Bertz CT molecular complexity index is 1050. The number of benzene rings is 2. The Balaban J connectivity index is 1.57. The summed E-state index contributed by atoms with van der Waals surface area (Å²) in [6.07, 6.45) is 6.14. The predicted molar refractivity (Wildman–Crippen MR) is 122 cm³/mol. The third-order valence-electron chi connectivity index (χ3n) is 5.44. The van der Waals surface area contributed by atoms with Crippen LogP contribution in [0.3, 0.4) is 0 Å². The lowest BCUT2D eigenvalue weighted by atomic mass is 10.1. The molecule has 3 N–H and O–H groups in total. The first-order valence-electron chi connectivity index (χ1n) is 9.97. The molecule has 0 spiro atoms. The summed E-state index contributed by atoms with van der Waals surface area (Å²) in [5.41, 5.74) is 2.63. The summed E-state index contributed by atoms with van der Waals surface area (Å²) in [5.74, 6) is -0.128. The number of anilines is 1. The molecule has 3 amide bonds. The average Bonchev–Trinajstić information content (AvgIpc) is 3.13. The molecule has 1 saturated heterocycles. The van der Waals surface area contributed by atoms with Crippen molar-refractivity contribution in [2.45, 2.75) is 18.5 Å². The fraction of sp³-hybridized carbons (Fsp3) is 0.261. The number of nitrogens with zero attached hydrogens (tertiary/aromatic N) is 1. The third kappa shape index (κ3) is 4.44. The van der Waals surface area contributed by atoms with Crippen LogP contribution in [0, 0.1) is 0 Å². The van der Waals surface area contributed by atoms with Gasteiger partial charge in [0.1, 0.15) is 11.8 Å². The number of nitrogens with one attached hydrogen (secondary N) is 2. The summed E-state index contributed by atoms with van der Waals surface area (Å²) in [7, 11) is 0. The molecule has 0 aromatic heterocycles. The lowest BCUT2D eigenvalue weighted by molar-refractivity contribution is -0.122. The van der Waals surface area contributed by atoms with Gasteiger partial charge in [0, 0.05) is 6.54 Å². The van der Waals surface area contributed by atoms with Crippen LogP contribution in [-0.2, 0) is 9.59 Å². The Hall–Kier alpha value is -3.26. The standard InChI is InChI=1S/C23H23N3O4S/c1-31-13-20(28)24-19-10-11-26-21(19)22(29)25-18-9-6-15(12-17(18)23(26)30)3-2-14-4-7-16(27)8-5-14/h2-9,12,19,21,27H,10-11,13H2,1H3,(H,24,28)(H,25,29)/t19-,21+/m1/s1. The lowest BCUT2D eigenvalue weighted by Gasteiger charge is -2.24. The molecule has 2 aromatic rings. The molecule has 2 aromatic carbocycles. The topological polar surface area (TPSA) is 98.7 Å². The second kappa shape index (κ2) is 8.85. The maximum Gasteiger partial charge on any atom is 0.256 e. The van der Waals surface area contributed by atoms with Crippen LogP contribution in [0.1, 0.15) is 27.9 Å². The Morgan fingerprint density at radius 2 is 1.90 bits per heavy atom. The van der Waals surface area contributed by atoms with Crippen molar-refractivity contribution in [1.29, 1.82) is 0 Å². The summed E-state index contributed by atoms with van der Waals surface area (Å²) < 4.78 is 0. The molecule has 0 unspecified atom stereocenters. The fourth-order valence-electron chi connectivity index (χ4n) is 3.97. The van der Waals surface area contributed by atoms with Gasteiger partial charge in [0.05, 0.1) is 23.0 Å². The zero-order valence-electron chi connectivity index (χ0n) is 17.0. The van der Waals surface area contributed by atoms with Crippen molar-refractivity contribution >= 4 is 47.3 Å². The predicted octanol–water partition coefficient (Wildman–Crippen LogP) is 2.58. The highest BCUT2D eigenvalue weighted by atomic mass is 32.2. The van der Waals surface area contributed by atoms with Crippen molar-refractivity contribution in [1.82, 2.24) is 10.2 Å². The highest BCUT2D eigenvalue weighted by Gasteiger charge is 2.45. The molecule has 0 aliphatic carbocycles. The first kappa shape index (κ1) is 21.0. The van der Waals surface area contributed by atoms with Crippen LogP contribution in [0.4, 0.5) is 5.69 Å². The van der Waals surface area contributed by atoms with Crippen LogP contribution in [0.5, 0.6) is 5.75 Å². The molecular weight excluding hydrogens is 414 g/mol. The van der Waals surface area contributed by atoms with E-state index in [2.05, 4.69) is 10.6 Å². The molecule has 2 aliphatic heterocycles. The number of phenolic OH excluding ortho intramolecular Hbond substituents is 1. The SMILES string of the molecule is CSCC(=O)N[C@@H]1CCN2C(=O)c3cc(C=Cc4ccc(O)cc4)ccc3NC(=O)[C@H]12. The van der Waals surface area contributed by atoms with E-state index < -0.39 is 12.1 Å². The van der Waals surface area contributed by atoms with Crippen LogP contribution in [-0.4, -0.2) is 58.4 Å². The Kier molecular flexibility index (Phi) is 5.99. The van der Waals surface area contributed by atoms with E-state index in [4.69, 9.17) is 0 Å². The molecule has 2 atom stereocenters. The van der Waals surface area contributed by atoms with E-state index in [0.717, 1.165) is 11.1 Å². The normalized spacial score (nSPS) is 20.2. The van der Waals surface area contributed by atoms with Gasteiger partial charge in [0.2, 0.25) is 11.8 Å². The number of thioether (sulfide) groups is 1. The van der Waals surface area contributed by atoms with Crippen LogP contribution < -0.4 is 10.6 Å². The maximum absolute atomic E-state index is 13.2. The summed E-state index contributed by atoms with van der Waals surface area (Å²) >= 11 is 1.41. The highest BCUT2D eigenvalue weighted by molar-refractivity contribution is 7.99. The minimum atomic E-state index is -0.721. The summed E-state index contributed by atoms with van der Waals surface area (Å²) in [6, 6.07) is 11.0.